The van der Waals surface area contributed by atoms with Crippen LogP contribution in [0.4, 0.5) is 0 Å². The highest BCUT2D eigenvalue weighted by atomic mass is 16.5. The molecule has 14 heavy (non-hydrogen) atoms. The molecule has 0 spiro atoms. The van der Waals surface area contributed by atoms with Gasteiger partial charge in [0.1, 0.15) is 5.69 Å². The van der Waals surface area contributed by atoms with Crippen LogP contribution in [0.5, 0.6) is 0 Å². The van der Waals surface area contributed by atoms with Crippen LogP contribution >= 0.6 is 0 Å². The largest absolute Gasteiger partial charge is 0.409 e. The molecule has 0 aliphatic carbocycles. The van der Waals surface area contributed by atoms with Crippen LogP contribution in [0.1, 0.15) is 18.2 Å². The van der Waals surface area contributed by atoms with Crippen molar-refractivity contribution in [2.24, 2.45) is 10.9 Å². The molecule has 0 atom stereocenters. The number of nitrogens with two attached hydrogens (primary N) is 1. The van der Waals surface area contributed by atoms with Crippen molar-refractivity contribution < 1.29 is 9.94 Å². The molecule has 5 nitrogen and oxygen atoms in total. The number of ether oxygens (including phenoxy) is 1. The number of oxime groups is 1. The molecule has 0 bridgehead atoms. The first-order valence-corrected chi connectivity index (χ1v) is 4.29. The predicted molar refractivity (Wildman–Crippen MR) is 52.1 cm³/mol. The Balaban J connectivity index is 2.91. The van der Waals surface area contributed by atoms with Crippen LogP contribution in [0.15, 0.2) is 23.5 Å². The minimum atomic E-state index is 0.000281. The maximum Gasteiger partial charge on any atom is 0.189 e. The van der Waals surface area contributed by atoms with Gasteiger partial charge in [-0.2, -0.15) is 0 Å². The summed E-state index contributed by atoms with van der Waals surface area (Å²) in [6.07, 6.45) is 1.59. The summed E-state index contributed by atoms with van der Waals surface area (Å²) < 4.78 is 5.22. The Kier molecular flexibility index (Phi) is 3.87. The molecule has 1 aromatic rings. The molecule has 1 rings (SSSR count). The molecular weight excluding hydrogens is 182 g/mol. The van der Waals surface area contributed by atoms with E-state index in [1.807, 2.05) is 13.0 Å². The number of hydrogen-bond acceptors (Lipinski definition) is 4. The Morgan fingerprint density at radius 3 is 3.14 bits per heavy atom. The van der Waals surface area contributed by atoms with E-state index in [4.69, 9.17) is 15.7 Å². The smallest absolute Gasteiger partial charge is 0.189 e. The summed E-state index contributed by atoms with van der Waals surface area (Å²) in [7, 11) is 0. The molecule has 0 saturated heterocycles. The molecule has 0 saturated carbocycles. The van der Waals surface area contributed by atoms with E-state index >= 15 is 0 Å². The van der Waals surface area contributed by atoms with Gasteiger partial charge in [-0.05, 0) is 13.0 Å². The number of amidine groups is 1. The van der Waals surface area contributed by atoms with Crippen molar-refractivity contribution in [3.8, 4) is 0 Å². The van der Waals surface area contributed by atoms with E-state index in [-0.39, 0.29) is 5.84 Å². The van der Waals surface area contributed by atoms with Gasteiger partial charge in [0.25, 0.3) is 0 Å². The fourth-order valence-electron chi connectivity index (χ4n) is 1.05. The van der Waals surface area contributed by atoms with Crippen molar-refractivity contribution in [2.75, 3.05) is 6.61 Å². The maximum absolute atomic E-state index is 8.52. The molecule has 0 aliphatic rings. The quantitative estimate of drug-likeness (QED) is 0.321. The number of pyridine rings is 1. The van der Waals surface area contributed by atoms with Gasteiger partial charge in [-0.15, -0.1) is 0 Å². The number of rotatable bonds is 4. The third-order valence-corrected chi connectivity index (χ3v) is 1.70. The lowest BCUT2D eigenvalue weighted by Gasteiger charge is -2.06. The average Bonchev–Trinajstić information content (AvgIpc) is 2.25. The molecule has 0 amide bonds. The van der Waals surface area contributed by atoms with Crippen LogP contribution in [-0.4, -0.2) is 22.6 Å². The first kappa shape index (κ1) is 10.5. The van der Waals surface area contributed by atoms with Gasteiger partial charge in [0, 0.05) is 18.4 Å². The molecule has 76 valence electrons. The van der Waals surface area contributed by atoms with Crippen LogP contribution in [0, 0.1) is 0 Å². The number of hydrogen-bond donors (Lipinski definition) is 2. The first-order valence-electron chi connectivity index (χ1n) is 4.29. The van der Waals surface area contributed by atoms with Crippen LogP contribution in [0.2, 0.25) is 0 Å². The fraction of sp³-hybridized carbons (Fsp3) is 0.333. The summed E-state index contributed by atoms with van der Waals surface area (Å²) in [4.78, 5) is 4.01. The highest BCUT2D eigenvalue weighted by molar-refractivity contribution is 5.96. The van der Waals surface area contributed by atoms with Crippen LogP contribution in [0.25, 0.3) is 0 Å². The second-order valence-electron chi connectivity index (χ2n) is 2.63. The highest BCUT2D eigenvalue weighted by Crippen LogP contribution is 2.06. The van der Waals surface area contributed by atoms with Gasteiger partial charge in [-0.1, -0.05) is 11.2 Å². The van der Waals surface area contributed by atoms with Gasteiger partial charge in [-0.25, -0.2) is 0 Å². The number of aromatic nitrogens is 1. The Morgan fingerprint density at radius 1 is 1.71 bits per heavy atom. The Bertz CT molecular complexity index is 326. The minimum Gasteiger partial charge on any atom is -0.409 e. The van der Waals surface area contributed by atoms with E-state index in [1.165, 1.54) is 0 Å². The van der Waals surface area contributed by atoms with Crippen LogP contribution < -0.4 is 5.73 Å². The van der Waals surface area contributed by atoms with Gasteiger partial charge >= 0.3 is 0 Å². The standard InChI is InChI=1S/C9H13N3O2/c1-2-14-6-7-4-3-5-11-8(7)9(10)12-13/h3-5,13H,2,6H2,1H3,(H2,10,12). The lowest BCUT2D eigenvalue weighted by molar-refractivity contribution is 0.133. The summed E-state index contributed by atoms with van der Waals surface area (Å²) in [5.74, 6) is 0.000281. The second kappa shape index (κ2) is 5.18. The van der Waals surface area contributed by atoms with E-state index in [0.29, 0.717) is 18.9 Å². The van der Waals surface area contributed by atoms with Crippen molar-refractivity contribution in [1.29, 1.82) is 0 Å². The SMILES string of the molecule is CCOCc1cccnc1C(N)=NO. The van der Waals surface area contributed by atoms with E-state index < -0.39 is 0 Å². The number of nitrogens with zero attached hydrogens (tertiary/aromatic N) is 2. The summed E-state index contributed by atoms with van der Waals surface area (Å²) >= 11 is 0. The van der Waals surface area contributed by atoms with E-state index in [9.17, 15) is 0 Å². The molecule has 5 heteroatoms. The Morgan fingerprint density at radius 2 is 2.50 bits per heavy atom. The lowest BCUT2D eigenvalue weighted by atomic mass is 10.2. The van der Waals surface area contributed by atoms with Gasteiger partial charge in [-0.3, -0.25) is 4.98 Å². The highest BCUT2D eigenvalue weighted by Gasteiger charge is 2.07. The molecule has 1 heterocycles. The van der Waals surface area contributed by atoms with E-state index in [2.05, 4.69) is 10.1 Å². The summed E-state index contributed by atoms with van der Waals surface area (Å²) in [5.41, 5.74) is 6.72. The summed E-state index contributed by atoms with van der Waals surface area (Å²) in [6.45, 7) is 2.93. The molecule has 0 unspecified atom stereocenters. The van der Waals surface area contributed by atoms with Crippen molar-refractivity contribution in [1.82, 2.24) is 4.98 Å². The molecule has 0 radical (unpaired) electrons. The van der Waals surface area contributed by atoms with Crippen molar-refractivity contribution >= 4 is 5.84 Å². The van der Waals surface area contributed by atoms with E-state index in [1.54, 1.807) is 12.3 Å². The third kappa shape index (κ3) is 2.43. The first-order chi connectivity index (χ1) is 6.79. The summed E-state index contributed by atoms with van der Waals surface area (Å²) in [5, 5.41) is 11.4. The Labute approximate surface area is 82.2 Å². The maximum atomic E-state index is 8.52. The van der Waals surface area contributed by atoms with Gasteiger partial charge in [0.05, 0.1) is 6.61 Å². The van der Waals surface area contributed by atoms with Crippen LogP contribution in [-0.2, 0) is 11.3 Å². The Hall–Kier alpha value is -1.62. The molecule has 0 fully saturated rings. The molecule has 0 aliphatic heterocycles. The zero-order valence-electron chi connectivity index (χ0n) is 7.97. The zero-order chi connectivity index (χ0) is 10.4. The molecular formula is C9H13N3O2. The van der Waals surface area contributed by atoms with Crippen molar-refractivity contribution in [3.05, 3.63) is 29.6 Å². The lowest BCUT2D eigenvalue weighted by Crippen LogP contribution is -2.17. The molecule has 3 N–H and O–H groups in total. The normalized spacial score (nSPS) is 11.6. The zero-order valence-corrected chi connectivity index (χ0v) is 7.97. The molecule has 0 aromatic carbocycles. The fourth-order valence-corrected chi connectivity index (χ4v) is 1.05. The molecule has 1 aromatic heterocycles. The monoisotopic (exact) mass is 195 g/mol. The van der Waals surface area contributed by atoms with Crippen LogP contribution in [0.3, 0.4) is 0 Å². The summed E-state index contributed by atoms with van der Waals surface area (Å²) in [6, 6.07) is 3.61. The van der Waals surface area contributed by atoms with Crippen molar-refractivity contribution in [2.45, 2.75) is 13.5 Å². The van der Waals surface area contributed by atoms with Crippen molar-refractivity contribution in [3.63, 3.8) is 0 Å². The average molecular weight is 195 g/mol. The predicted octanol–water partition coefficient (Wildman–Crippen LogP) is 0.713. The second-order valence-corrected chi connectivity index (χ2v) is 2.63. The minimum absolute atomic E-state index is 0.000281. The van der Waals surface area contributed by atoms with Gasteiger partial charge < -0.3 is 15.7 Å². The third-order valence-electron chi connectivity index (χ3n) is 1.70. The van der Waals surface area contributed by atoms with Gasteiger partial charge in [0.15, 0.2) is 5.84 Å². The van der Waals surface area contributed by atoms with E-state index in [0.717, 1.165) is 5.56 Å². The topological polar surface area (TPSA) is 80.7 Å². The van der Waals surface area contributed by atoms with Gasteiger partial charge in [0.2, 0.25) is 0 Å².